The third kappa shape index (κ3) is 5.25. The smallest absolute Gasteiger partial charge is 0.369 e. The third-order valence-corrected chi connectivity index (χ3v) is 4.92. The van der Waals surface area contributed by atoms with E-state index in [2.05, 4.69) is 12.2 Å². The Kier molecular flexibility index (Phi) is 6.24. The molecule has 4 nitrogen and oxygen atoms in total. The van der Waals surface area contributed by atoms with E-state index in [9.17, 15) is 18.0 Å². The Balaban J connectivity index is 1.50. The van der Waals surface area contributed by atoms with Gasteiger partial charge < -0.3 is 10.2 Å². The first kappa shape index (κ1) is 20.2. The van der Waals surface area contributed by atoms with E-state index in [4.69, 9.17) is 0 Å². The molecule has 2 aromatic carbocycles. The Morgan fingerprint density at radius 1 is 1.04 bits per heavy atom. The first-order valence-electron chi connectivity index (χ1n) is 9.38. The molecule has 1 saturated heterocycles. The number of piperazine rings is 1. The van der Waals surface area contributed by atoms with Gasteiger partial charge in [0.1, 0.15) is 0 Å². The summed E-state index contributed by atoms with van der Waals surface area (Å²) in [7, 11) is 0. The molecule has 1 heterocycles. The van der Waals surface area contributed by atoms with Crippen molar-refractivity contribution in [1.29, 1.82) is 0 Å². The molecule has 28 heavy (non-hydrogen) atoms. The lowest BCUT2D eigenvalue weighted by atomic mass is 10.1. The highest BCUT2D eigenvalue weighted by Gasteiger charge is 2.31. The molecule has 1 aliphatic heterocycles. The van der Waals surface area contributed by atoms with Crippen molar-refractivity contribution in [3.8, 4) is 0 Å². The minimum atomic E-state index is -4.34. The molecule has 0 spiro atoms. The Labute approximate surface area is 162 Å². The number of nitrogens with one attached hydrogen (secondary N) is 1. The van der Waals surface area contributed by atoms with Crippen LogP contribution < -0.4 is 10.2 Å². The van der Waals surface area contributed by atoms with Crippen LogP contribution in [0.4, 0.5) is 24.5 Å². The van der Waals surface area contributed by atoms with Crippen LogP contribution in [0.2, 0.25) is 0 Å². The number of halogens is 3. The molecule has 0 aromatic heterocycles. The summed E-state index contributed by atoms with van der Waals surface area (Å²) in [5.74, 6) is -0.0863. The van der Waals surface area contributed by atoms with E-state index in [0.29, 0.717) is 31.9 Å². The number of hydrogen-bond acceptors (Lipinski definition) is 3. The predicted octanol–water partition coefficient (Wildman–Crippen LogP) is 4.03. The number of alkyl halides is 3. The van der Waals surface area contributed by atoms with Gasteiger partial charge in [0.05, 0.1) is 12.1 Å². The Hall–Kier alpha value is -2.54. The maximum atomic E-state index is 12.9. The monoisotopic (exact) mass is 391 g/mol. The van der Waals surface area contributed by atoms with Crippen molar-refractivity contribution < 1.29 is 18.0 Å². The fourth-order valence-electron chi connectivity index (χ4n) is 3.27. The highest BCUT2D eigenvalue weighted by Crippen LogP contribution is 2.31. The molecular formula is C21H24F3N3O. The lowest BCUT2D eigenvalue weighted by Gasteiger charge is -2.36. The SMILES string of the molecule is CCc1ccc(NC(=O)CN2CCN(c3cccc(C(F)(F)F)c3)CC2)cc1. The minimum Gasteiger partial charge on any atom is -0.369 e. The molecule has 0 saturated carbocycles. The second kappa shape index (κ2) is 8.65. The van der Waals surface area contributed by atoms with E-state index in [0.717, 1.165) is 18.2 Å². The van der Waals surface area contributed by atoms with Crippen LogP contribution in [-0.2, 0) is 17.4 Å². The Morgan fingerprint density at radius 3 is 2.32 bits per heavy atom. The average Bonchev–Trinajstić information content (AvgIpc) is 2.68. The van der Waals surface area contributed by atoms with Gasteiger partial charge in [-0.05, 0) is 42.3 Å². The summed E-state index contributed by atoms with van der Waals surface area (Å²) in [5, 5.41) is 2.89. The molecule has 1 amide bonds. The molecule has 0 bridgehead atoms. The molecular weight excluding hydrogens is 367 g/mol. The standard InChI is InChI=1S/C21H24F3N3O/c1-2-16-6-8-18(9-7-16)25-20(28)15-26-10-12-27(13-11-26)19-5-3-4-17(14-19)21(22,23)24/h3-9,14H,2,10-13,15H2,1H3,(H,25,28). The van der Waals surface area contributed by atoms with Crippen LogP contribution in [0.3, 0.4) is 0 Å². The van der Waals surface area contributed by atoms with Gasteiger partial charge in [-0.25, -0.2) is 0 Å². The van der Waals surface area contributed by atoms with Gasteiger partial charge in [-0.15, -0.1) is 0 Å². The van der Waals surface area contributed by atoms with Crippen molar-refractivity contribution in [3.63, 3.8) is 0 Å². The fourth-order valence-corrected chi connectivity index (χ4v) is 3.27. The van der Waals surface area contributed by atoms with E-state index >= 15 is 0 Å². The van der Waals surface area contributed by atoms with Gasteiger partial charge in [-0.2, -0.15) is 13.2 Å². The van der Waals surface area contributed by atoms with Crippen molar-refractivity contribution in [3.05, 3.63) is 59.7 Å². The van der Waals surface area contributed by atoms with Gasteiger partial charge in [0.25, 0.3) is 0 Å². The fraction of sp³-hybridized carbons (Fsp3) is 0.381. The van der Waals surface area contributed by atoms with Gasteiger partial charge in [0.2, 0.25) is 5.91 Å². The normalized spacial score (nSPS) is 15.5. The topological polar surface area (TPSA) is 35.6 Å². The quantitative estimate of drug-likeness (QED) is 0.836. The molecule has 0 atom stereocenters. The molecule has 150 valence electrons. The average molecular weight is 391 g/mol. The summed E-state index contributed by atoms with van der Waals surface area (Å²) in [4.78, 5) is 16.2. The van der Waals surface area contributed by atoms with Gasteiger partial charge in [0.15, 0.2) is 0 Å². The van der Waals surface area contributed by atoms with E-state index in [1.165, 1.54) is 17.7 Å². The van der Waals surface area contributed by atoms with Crippen LogP contribution in [0.25, 0.3) is 0 Å². The van der Waals surface area contributed by atoms with Crippen molar-refractivity contribution >= 4 is 17.3 Å². The van der Waals surface area contributed by atoms with E-state index in [1.54, 1.807) is 6.07 Å². The molecule has 1 N–H and O–H groups in total. The highest BCUT2D eigenvalue weighted by molar-refractivity contribution is 5.92. The predicted molar refractivity (Wildman–Crippen MR) is 105 cm³/mol. The highest BCUT2D eigenvalue weighted by atomic mass is 19.4. The van der Waals surface area contributed by atoms with Crippen molar-refractivity contribution in [2.75, 3.05) is 42.9 Å². The van der Waals surface area contributed by atoms with Crippen LogP contribution in [0.1, 0.15) is 18.1 Å². The molecule has 3 rings (SSSR count). The number of hydrogen-bond donors (Lipinski definition) is 1. The van der Waals surface area contributed by atoms with E-state index < -0.39 is 11.7 Å². The number of carbonyl (C=O) groups excluding carboxylic acids is 1. The summed E-state index contributed by atoms with van der Waals surface area (Å²) in [5.41, 5.74) is 1.91. The zero-order chi connectivity index (χ0) is 20.1. The van der Waals surface area contributed by atoms with E-state index in [1.807, 2.05) is 34.1 Å². The lowest BCUT2D eigenvalue weighted by Crippen LogP contribution is -2.48. The number of amides is 1. The van der Waals surface area contributed by atoms with E-state index in [-0.39, 0.29) is 12.5 Å². The number of aryl methyl sites for hydroxylation is 1. The second-order valence-electron chi connectivity index (χ2n) is 6.91. The molecule has 7 heteroatoms. The first-order valence-corrected chi connectivity index (χ1v) is 9.38. The number of nitrogens with zero attached hydrogens (tertiary/aromatic N) is 2. The maximum absolute atomic E-state index is 12.9. The molecule has 0 unspecified atom stereocenters. The largest absolute Gasteiger partial charge is 0.416 e. The van der Waals surface area contributed by atoms with Crippen LogP contribution in [0, 0.1) is 0 Å². The molecule has 2 aromatic rings. The summed E-state index contributed by atoms with van der Waals surface area (Å²) in [6.07, 6.45) is -3.39. The minimum absolute atomic E-state index is 0.0863. The zero-order valence-corrected chi connectivity index (χ0v) is 15.8. The summed E-state index contributed by atoms with van der Waals surface area (Å²) >= 11 is 0. The molecule has 1 aliphatic rings. The van der Waals surface area contributed by atoms with Crippen LogP contribution in [0.5, 0.6) is 0 Å². The maximum Gasteiger partial charge on any atom is 0.416 e. The van der Waals surface area contributed by atoms with Gasteiger partial charge in [-0.3, -0.25) is 9.69 Å². The van der Waals surface area contributed by atoms with Crippen molar-refractivity contribution in [1.82, 2.24) is 4.90 Å². The number of benzene rings is 2. The van der Waals surface area contributed by atoms with Gasteiger partial charge in [-0.1, -0.05) is 25.1 Å². The second-order valence-corrected chi connectivity index (χ2v) is 6.91. The number of carbonyl (C=O) groups is 1. The third-order valence-electron chi connectivity index (χ3n) is 4.92. The first-order chi connectivity index (χ1) is 13.3. The molecule has 1 fully saturated rings. The van der Waals surface area contributed by atoms with Crippen LogP contribution >= 0.6 is 0 Å². The molecule has 0 aliphatic carbocycles. The van der Waals surface area contributed by atoms with Gasteiger partial charge >= 0.3 is 6.18 Å². The number of rotatable bonds is 5. The van der Waals surface area contributed by atoms with Crippen LogP contribution in [-0.4, -0.2) is 43.5 Å². The van der Waals surface area contributed by atoms with Crippen molar-refractivity contribution in [2.24, 2.45) is 0 Å². The van der Waals surface area contributed by atoms with Crippen molar-refractivity contribution in [2.45, 2.75) is 19.5 Å². The lowest BCUT2D eigenvalue weighted by molar-refractivity contribution is -0.137. The summed E-state index contributed by atoms with van der Waals surface area (Å²) < 4.78 is 38.7. The Bertz CT molecular complexity index is 797. The van der Waals surface area contributed by atoms with Gasteiger partial charge in [0, 0.05) is 37.6 Å². The summed E-state index contributed by atoms with van der Waals surface area (Å²) in [6, 6.07) is 13.1. The number of anilines is 2. The zero-order valence-electron chi connectivity index (χ0n) is 15.8. The molecule has 0 radical (unpaired) electrons. The van der Waals surface area contributed by atoms with Crippen LogP contribution in [0.15, 0.2) is 48.5 Å². The summed E-state index contributed by atoms with van der Waals surface area (Å²) in [6.45, 7) is 4.76. The Morgan fingerprint density at radius 2 is 1.71 bits per heavy atom.